The first-order valence-electron chi connectivity index (χ1n) is 8.48. The van der Waals surface area contributed by atoms with E-state index in [0.29, 0.717) is 17.0 Å². The molecule has 0 spiro atoms. The molecule has 2 aliphatic rings. The molecule has 0 bridgehead atoms. The lowest BCUT2D eigenvalue weighted by Gasteiger charge is -2.29. The monoisotopic (exact) mass is 334 g/mol. The summed E-state index contributed by atoms with van der Waals surface area (Å²) >= 11 is 0. The molecule has 0 atom stereocenters. The van der Waals surface area contributed by atoms with E-state index in [1.54, 1.807) is 17.9 Å². The lowest BCUT2D eigenvalue weighted by molar-refractivity contribution is 0.0966. The Morgan fingerprint density at radius 2 is 2.04 bits per heavy atom. The van der Waals surface area contributed by atoms with E-state index in [9.17, 15) is 4.79 Å². The average molecular weight is 334 g/mol. The first kappa shape index (κ1) is 14.5. The van der Waals surface area contributed by atoms with Gasteiger partial charge in [0.2, 0.25) is 0 Å². The van der Waals surface area contributed by atoms with Crippen molar-refractivity contribution in [1.29, 1.82) is 0 Å². The van der Waals surface area contributed by atoms with Crippen LogP contribution < -0.4 is 15.0 Å². The number of piperazine rings is 1. The Hall–Kier alpha value is -2.86. The van der Waals surface area contributed by atoms with Crippen LogP contribution in [0.5, 0.6) is 5.75 Å². The van der Waals surface area contributed by atoms with Gasteiger partial charge in [-0.1, -0.05) is 0 Å². The quantitative estimate of drug-likeness (QED) is 0.608. The van der Waals surface area contributed by atoms with E-state index in [4.69, 9.17) is 9.72 Å². The van der Waals surface area contributed by atoms with Crippen LogP contribution in [0, 0.1) is 0 Å². The second-order valence-corrected chi connectivity index (χ2v) is 6.38. The summed E-state index contributed by atoms with van der Waals surface area (Å²) in [6.07, 6.45) is 1.77. The summed E-state index contributed by atoms with van der Waals surface area (Å²) in [6.45, 7) is 3.94. The van der Waals surface area contributed by atoms with Crippen LogP contribution in [0.4, 0.5) is 5.69 Å². The highest BCUT2D eigenvalue weighted by molar-refractivity contribution is 6.13. The largest absolute Gasteiger partial charge is 0.495 e. The second-order valence-electron chi connectivity index (χ2n) is 6.38. The van der Waals surface area contributed by atoms with Crippen molar-refractivity contribution in [1.82, 2.24) is 14.9 Å². The molecule has 5 rings (SSSR count). The highest BCUT2D eigenvalue weighted by atomic mass is 16.5. The number of fused-ring (bicyclic) bond motifs is 4. The maximum Gasteiger partial charge on any atom is 0.268 e. The van der Waals surface area contributed by atoms with Gasteiger partial charge in [0.15, 0.2) is 0 Å². The third-order valence-corrected chi connectivity index (χ3v) is 5.03. The topological polar surface area (TPSA) is 59.4 Å². The number of nitrogens with zero attached hydrogens (tertiary/aromatic N) is 3. The minimum Gasteiger partial charge on any atom is -0.495 e. The van der Waals surface area contributed by atoms with Crippen molar-refractivity contribution in [2.75, 3.05) is 38.2 Å². The molecule has 126 valence electrons. The van der Waals surface area contributed by atoms with Crippen LogP contribution in [0.15, 0.2) is 36.5 Å². The van der Waals surface area contributed by atoms with Gasteiger partial charge in [-0.3, -0.25) is 9.36 Å². The van der Waals surface area contributed by atoms with E-state index in [2.05, 4.69) is 22.3 Å². The average Bonchev–Trinajstić information content (AvgIpc) is 3.24. The lowest BCUT2D eigenvalue weighted by atomic mass is 10.1. The van der Waals surface area contributed by atoms with E-state index in [1.807, 2.05) is 18.2 Å². The summed E-state index contributed by atoms with van der Waals surface area (Å²) in [5.41, 5.74) is 4.10. The Morgan fingerprint density at radius 3 is 2.84 bits per heavy atom. The molecule has 1 saturated heterocycles. The molecule has 2 aliphatic heterocycles. The van der Waals surface area contributed by atoms with E-state index in [1.165, 1.54) is 0 Å². The van der Waals surface area contributed by atoms with E-state index in [-0.39, 0.29) is 5.91 Å². The summed E-state index contributed by atoms with van der Waals surface area (Å²) < 4.78 is 7.26. The fraction of sp³-hybridized carbons (Fsp3) is 0.263. The SMILES string of the molecule is COc1c2c(nc3cc(N4CCNCC4)ccc13)-c1cccn1C2=O. The van der Waals surface area contributed by atoms with Gasteiger partial charge in [0.25, 0.3) is 5.91 Å². The van der Waals surface area contributed by atoms with E-state index < -0.39 is 0 Å². The smallest absolute Gasteiger partial charge is 0.268 e. The Labute approximate surface area is 145 Å². The Kier molecular flexibility index (Phi) is 3.08. The van der Waals surface area contributed by atoms with Crippen LogP contribution >= 0.6 is 0 Å². The number of benzene rings is 1. The van der Waals surface area contributed by atoms with Gasteiger partial charge >= 0.3 is 0 Å². The van der Waals surface area contributed by atoms with Crippen LogP contribution in [0.2, 0.25) is 0 Å². The van der Waals surface area contributed by atoms with Crippen molar-refractivity contribution >= 4 is 22.5 Å². The molecule has 3 aromatic rings. The van der Waals surface area contributed by atoms with Crippen molar-refractivity contribution < 1.29 is 9.53 Å². The summed E-state index contributed by atoms with van der Waals surface area (Å²) in [7, 11) is 1.61. The normalized spacial score (nSPS) is 16.2. The van der Waals surface area contributed by atoms with Crippen LogP contribution in [0.25, 0.3) is 22.3 Å². The molecule has 6 nitrogen and oxygen atoms in total. The molecule has 25 heavy (non-hydrogen) atoms. The summed E-state index contributed by atoms with van der Waals surface area (Å²) in [5.74, 6) is 0.535. The maximum absolute atomic E-state index is 12.7. The summed E-state index contributed by atoms with van der Waals surface area (Å²) in [6, 6.07) is 9.98. The molecular formula is C19H18N4O2. The molecule has 0 amide bonds. The van der Waals surface area contributed by atoms with Gasteiger partial charge in [-0.25, -0.2) is 4.98 Å². The molecule has 2 aromatic heterocycles. The van der Waals surface area contributed by atoms with Gasteiger partial charge in [-0.15, -0.1) is 0 Å². The molecule has 0 aliphatic carbocycles. The van der Waals surface area contributed by atoms with Crippen LogP contribution in [-0.2, 0) is 0 Å². The number of anilines is 1. The summed E-state index contributed by atoms with van der Waals surface area (Å²) in [5, 5.41) is 4.24. The van der Waals surface area contributed by atoms with Crippen LogP contribution in [0.3, 0.4) is 0 Å². The zero-order chi connectivity index (χ0) is 17.0. The fourth-order valence-electron chi connectivity index (χ4n) is 3.81. The van der Waals surface area contributed by atoms with Crippen molar-refractivity contribution in [3.8, 4) is 17.1 Å². The zero-order valence-electron chi connectivity index (χ0n) is 14.0. The molecule has 0 saturated carbocycles. The predicted molar refractivity (Wildman–Crippen MR) is 96.5 cm³/mol. The number of ether oxygens (including phenoxy) is 1. The van der Waals surface area contributed by atoms with E-state index >= 15 is 0 Å². The third kappa shape index (κ3) is 2.01. The van der Waals surface area contributed by atoms with Gasteiger partial charge < -0.3 is 15.0 Å². The number of carbonyl (C=O) groups is 1. The molecule has 6 heteroatoms. The number of nitrogens with one attached hydrogen (secondary N) is 1. The number of aromatic nitrogens is 2. The van der Waals surface area contributed by atoms with Gasteiger partial charge in [0, 0.05) is 43.4 Å². The van der Waals surface area contributed by atoms with Gasteiger partial charge in [0.05, 0.1) is 18.3 Å². The minimum absolute atomic E-state index is 0.0765. The van der Waals surface area contributed by atoms with Gasteiger partial charge in [-0.05, 0) is 30.3 Å². The van der Waals surface area contributed by atoms with Crippen molar-refractivity contribution in [3.63, 3.8) is 0 Å². The molecule has 1 fully saturated rings. The number of carbonyl (C=O) groups excluding carboxylic acids is 1. The standard InChI is InChI=1S/C19H18N4O2/c1-25-18-13-5-4-12(22-9-6-20-7-10-22)11-14(13)21-17-15-3-2-8-23(15)19(24)16(17)18/h2-5,8,11,20H,6-7,9-10H2,1H3. The van der Waals surface area contributed by atoms with Gasteiger partial charge in [-0.2, -0.15) is 0 Å². The molecule has 1 aromatic carbocycles. The van der Waals surface area contributed by atoms with Crippen LogP contribution in [-0.4, -0.2) is 48.7 Å². The number of hydrogen-bond acceptors (Lipinski definition) is 5. The number of pyridine rings is 1. The van der Waals surface area contributed by atoms with Crippen molar-refractivity contribution in [3.05, 3.63) is 42.1 Å². The van der Waals surface area contributed by atoms with Crippen molar-refractivity contribution in [2.45, 2.75) is 0 Å². The predicted octanol–water partition coefficient (Wildman–Crippen LogP) is 2.12. The molecular weight excluding hydrogens is 316 g/mol. The molecule has 0 radical (unpaired) electrons. The molecule has 4 heterocycles. The number of hydrogen-bond donors (Lipinski definition) is 1. The second kappa shape index (κ2) is 5.32. The number of rotatable bonds is 2. The third-order valence-electron chi connectivity index (χ3n) is 5.03. The zero-order valence-corrected chi connectivity index (χ0v) is 14.0. The van der Waals surface area contributed by atoms with Crippen molar-refractivity contribution in [2.24, 2.45) is 0 Å². The molecule has 0 unspecified atom stereocenters. The highest BCUT2D eigenvalue weighted by Gasteiger charge is 2.32. The highest BCUT2D eigenvalue weighted by Crippen LogP contribution is 2.41. The first-order valence-corrected chi connectivity index (χ1v) is 8.48. The summed E-state index contributed by atoms with van der Waals surface area (Å²) in [4.78, 5) is 19.9. The Balaban J connectivity index is 1.73. The van der Waals surface area contributed by atoms with Gasteiger partial charge in [0.1, 0.15) is 17.0 Å². The maximum atomic E-state index is 12.7. The Morgan fingerprint density at radius 1 is 1.20 bits per heavy atom. The minimum atomic E-state index is -0.0765. The van der Waals surface area contributed by atoms with E-state index in [0.717, 1.165) is 48.5 Å². The fourth-order valence-corrected chi connectivity index (χ4v) is 3.81. The lowest BCUT2D eigenvalue weighted by Crippen LogP contribution is -2.43. The number of methoxy groups -OCH3 is 1. The first-order chi connectivity index (χ1) is 12.3. The van der Waals surface area contributed by atoms with Crippen LogP contribution in [0.1, 0.15) is 10.4 Å². The Bertz CT molecular complexity index is 1000. The molecule has 1 N–H and O–H groups in total.